The number of nitrogens with zero attached hydrogens (tertiary/aromatic N) is 3. The van der Waals surface area contributed by atoms with Gasteiger partial charge >= 0.3 is 5.97 Å². The summed E-state index contributed by atoms with van der Waals surface area (Å²) in [4.78, 5) is 42.7. The second-order valence-electron chi connectivity index (χ2n) is 8.03. The van der Waals surface area contributed by atoms with Gasteiger partial charge in [-0.25, -0.2) is 14.2 Å². The van der Waals surface area contributed by atoms with Crippen LogP contribution < -0.4 is 10.9 Å². The molecule has 0 unspecified atom stereocenters. The van der Waals surface area contributed by atoms with Crippen molar-refractivity contribution in [3.8, 4) is 0 Å². The summed E-state index contributed by atoms with van der Waals surface area (Å²) in [6, 6.07) is 5.74. The molecule has 1 aliphatic rings. The number of imidazole rings is 1. The zero-order valence-corrected chi connectivity index (χ0v) is 17.8. The Morgan fingerprint density at radius 3 is 2.50 bits per heavy atom. The first-order chi connectivity index (χ1) is 15.5. The van der Waals surface area contributed by atoms with Crippen LogP contribution in [0.25, 0.3) is 5.52 Å². The molecule has 0 bridgehead atoms. The SMILES string of the molecule is COC(=O)c1ncn2cc(C(=O)NC3CCCCCC3)n(Cc3ccc(F)cc3)c(=O)c12. The lowest BCUT2D eigenvalue weighted by molar-refractivity contribution is 0.0596. The minimum Gasteiger partial charge on any atom is -0.464 e. The molecule has 1 aromatic carbocycles. The maximum Gasteiger partial charge on any atom is 0.359 e. The Morgan fingerprint density at radius 2 is 1.84 bits per heavy atom. The van der Waals surface area contributed by atoms with E-state index in [1.807, 2.05) is 0 Å². The standard InChI is InChI=1S/C23H25FN4O4/c1-32-23(31)19-20-22(30)28(12-15-8-10-16(24)11-9-15)18(13-27(20)14-25-19)21(29)26-17-6-4-2-3-5-7-17/h8-11,13-14,17H,2-7,12H2,1H3,(H,26,29). The average Bonchev–Trinajstić information content (AvgIpc) is 3.06. The predicted molar refractivity (Wildman–Crippen MR) is 115 cm³/mol. The third-order valence-electron chi connectivity index (χ3n) is 5.85. The van der Waals surface area contributed by atoms with Crippen LogP contribution in [-0.4, -0.2) is 39.0 Å². The van der Waals surface area contributed by atoms with Crippen molar-refractivity contribution in [3.05, 3.63) is 69.9 Å². The molecule has 1 fully saturated rings. The Bertz CT molecular complexity index is 1190. The summed E-state index contributed by atoms with van der Waals surface area (Å²) in [5.74, 6) is -1.51. The summed E-state index contributed by atoms with van der Waals surface area (Å²) >= 11 is 0. The summed E-state index contributed by atoms with van der Waals surface area (Å²) in [7, 11) is 1.21. The lowest BCUT2D eigenvalue weighted by Gasteiger charge is -2.19. The fourth-order valence-electron chi connectivity index (χ4n) is 4.15. The van der Waals surface area contributed by atoms with E-state index in [-0.39, 0.29) is 35.4 Å². The van der Waals surface area contributed by atoms with Crippen LogP contribution in [0.1, 0.15) is 65.1 Å². The van der Waals surface area contributed by atoms with Crippen molar-refractivity contribution in [2.24, 2.45) is 0 Å². The Morgan fingerprint density at radius 1 is 1.16 bits per heavy atom. The van der Waals surface area contributed by atoms with Gasteiger partial charge in [0.25, 0.3) is 11.5 Å². The van der Waals surface area contributed by atoms with Gasteiger partial charge in [-0.3, -0.25) is 18.6 Å². The fraction of sp³-hybridized carbons (Fsp3) is 0.391. The minimum absolute atomic E-state index is 0.0185. The highest BCUT2D eigenvalue weighted by Crippen LogP contribution is 2.18. The Hall–Kier alpha value is -3.49. The smallest absolute Gasteiger partial charge is 0.359 e. The maximum atomic E-state index is 13.4. The summed E-state index contributed by atoms with van der Waals surface area (Å²) in [5, 5.41) is 3.06. The van der Waals surface area contributed by atoms with Crippen LogP contribution in [0.2, 0.25) is 0 Å². The van der Waals surface area contributed by atoms with E-state index in [1.54, 1.807) is 12.1 Å². The summed E-state index contributed by atoms with van der Waals surface area (Å²) < 4.78 is 20.8. The second kappa shape index (κ2) is 9.33. The molecule has 4 rings (SSSR count). The molecule has 1 saturated carbocycles. The molecule has 0 atom stereocenters. The van der Waals surface area contributed by atoms with Crippen LogP contribution in [0.4, 0.5) is 4.39 Å². The number of methoxy groups -OCH3 is 1. The molecular weight excluding hydrogens is 415 g/mol. The lowest BCUT2D eigenvalue weighted by atomic mass is 10.1. The maximum absolute atomic E-state index is 13.4. The molecular formula is C23H25FN4O4. The van der Waals surface area contributed by atoms with E-state index in [9.17, 15) is 18.8 Å². The molecule has 9 heteroatoms. The van der Waals surface area contributed by atoms with Gasteiger partial charge in [0.1, 0.15) is 23.4 Å². The van der Waals surface area contributed by atoms with E-state index in [4.69, 9.17) is 4.74 Å². The van der Waals surface area contributed by atoms with Crippen LogP contribution in [0.3, 0.4) is 0 Å². The van der Waals surface area contributed by atoms with Gasteiger partial charge < -0.3 is 10.1 Å². The number of amides is 1. The van der Waals surface area contributed by atoms with Crippen LogP contribution in [-0.2, 0) is 11.3 Å². The van der Waals surface area contributed by atoms with Crippen LogP contribution in [0.15, 0.2) is 41.6 Å². The largest absolute Gasteiger partial charge is 0.464 e. The van der Waals surface area contributed by atoms with Crippen molar-refractivity contribution in [1.29, 1.82) is 0 Å². The topological polar surface area (TPSA) is 94.7 Å². The first-order valence-corrected chi connectivity index (χ1v) is 10.7. The van der Waals surface area contributed by atoms with Gasteiger partial charge in [-0.1, -0.05) is 37.8 Å². The van der Waals surface area contributed by atoms with Gasteiger partial charge in [-0.15, -0.1) is 0 Å². The number of carbonyl (C=O) groups is 2. The molecule has 168 valence electrons. The number of rotatable bonds is 5. The molecule has 8 nitrogen and oxygen atoms in total. The first kappa shape index (κ1) is 21.7. The third kappa shape index (κ3) is 4.42. The van der Waals surface area contributed by atoms with Gasteiger partial charge in [-0.05, 0) is 30.5 Å². The fourth-order valence-corrected chi connectivity index (χ4v) is 4.15. The monoisotopic (exact) mass is 440 g/mol. The highest BCUT2D eigenvalue weighted by Gasteiger charge is 2.24. The molecule has 1 aliphatic carbocycles. The predicted octanol–water partition coefficient (Wildman–Crippen LogP) is 2.92. The van der Waals surface area contributed by atoms with Gasteiger partial charge in [0.05, 0.1) is 13.7 Å². The van der Waals surface area contributed by atoms with Gasteiger partial charge in [0.15, 0.2) is 5.69 Å². The number of hydrogen-bond acceptors (Lipinski definition) is 5. The third-order valence-corrected chi connectivity index (χ3v) is 5.85. The number of hydrogen-bond donors (Lipinski definition) is 1. The highest BCUT2D eigenvalue weighted by molar-refractivity contribution is 5.96. The van der Waals surface area contributed by atoms with Crippen LogP contribution in [0, 0.1) is 5.82 Å². The summed E-state index contributed by atoms with van der Waals surface area (Å²) in [6.07, 6.45) is 9.01. The van der Waals surface area contributed by atoms with Crippen molar-refractivity contribution in [3.63, 3.8) is 0 Å². The average molecular weight is 440 g/mol. The van der Waals surface area contributed by atoms with Crippen molar-refractivity contribution < 1.29 is 18.7 Å². The van der Waals surface area contributed by atoms with Crippen LogP contribution in [0.5, 0.6) is 0 Å². The molecule has 0 aliphatic heterocycles. The zero-order valence-electron chi connectivity index (χ0n) is 17.8. The van der Waals surface area contributed by atoms with Crippen molar-refractivity contribution >= 4 is 17.4 Å². The van der Waals surface area contributed by atoms with E-state index >= 15 is 0 Å². The number of carbonyl (C=O) groups excluding carboxylic acids is 2. The molecule has 32 heavy (non-hydrogen) atoms. The number of ether oxygens (including phenoxy) is 1. The molecule has 0 saturated heterocycles. The summed E-state index contributed by atoms with van der Waals surface area (Å²) in [6.45, 7) is 0.0365. The molecule has 2 aromatic heterocycles. The highest BCUT2D eigenvalue weighted by atomic mass is 19.1. The van der Waals surface area contributed by atoms with Crippen LogP contribution >= 0.6 is 0 Å². The van der Waals surface area contributed by atoms with Gasteiger partial charge in [0.2, 0.25) is 0 Å². The first-order valence-electron chi connectivity index (χ1n) is 10.7. The van der Waals surface area contributed by atoms with E-state index in [0.29, 0.717) is 5.56 Å². The molecule has 0 spiro atoms. The second-order valence-corrected chi connectivity index (χ2v) is 8.03. The molecule has 2 heterocycles. The minimum atomic E-state index is -0.742. The van der Waals surface area contributed by atoms with Crippen molar-refractivity contribution in [2.45, 2.75) is 51.1 Å². The molecule has 1 N–H and O–H groups in total. The zero-order chi connectivity index (χ0) is 22.7. The van der Waals surface area contributed by atoms with E-state index in [0.717, 1.165) is 38.5 Å². The number of nitrogens with one attached hydrogen (secondary N) is 1. The number of benzene rings is 1. The van der Waals surface area contributed by atoms with E-state index in [2.05, 4.69) is 10.3 Å². The van der Waals surface area contributed by atoms with Gasteiger partial charge in [0, 0.05) is 12.2 Å². The Balaban J connectivity index is 1.78. The van der Waals surface area contributed by atoms with E-state index < -0.39 is 17.3 Å². The van der Waals surface area contributed by atoms with Crippen molar-refractivity contribution in [1.82, 2.24) is 19.3 Å². The molecule has 0 radical (unpaired) electrons. The quantitative estimate of drug-likeness (QED) is 0.486. The number of halogens is 1. The Labute approximate surface area is 184 Å². The van der Waals surface area contributed by atoms with E-state index in [1.165, 1.54) is 40.7 Å². The Kier molecular flexibility index (Phi) is 6.34. The van der Waals surface area contributed by atoms with Crippen molar-refractivity contribution in [2.75, 3.05) is 7.11 Å². The van der Waals surface area contributed by atoms with Gasteiger partial charge in [-0.2, -0.15) is 0 Å². The normalized spacial score (nSPS) is 14.8. The molecule has 1 amide bonds. The number of esters is 1. The summed E-state index contributed by atoms with van der Waals surface area (Å²) in [5.41, 5.74) is 0.122. The number of fused-ring (bicyclic) bond motifs is 1. The number of aromatic nitrogens is 3. The lowest BCUT2D eigenvalue weighted by Crippen LogP contribution is -2.39. The molecule has 3 aromatic rings.